The summed E-state index contributed by atoms with van der Waals surface area (Å²) in [7, 11) is -8.96. The van der Waals surface area contributed by atoms with Gasteiger partial charge >= 0.3 is 31.7 Å². The molecule has 5 nitrogen and oxygen atoms in total. The molecule has 0 amide bonds. The third kappa shape index (κ3) is 10.6. The molecule has 0 atom stereocenters. The first kappa shape index (κ1) is 22.0. The lowest BCUT2D eigenvalue weighted by Crippen LogP contribution is -2.56. The summed E-state index contributed by atoms with van der Waals surface area (Å²) in [5.41, 5.74) is 0. The molecule has 0 aromatic carbocycles. The number of carbonyl (C=O) groups excluding carboxylic acids is 1. The molecule has 0 heterocycles. The summed E-state index contributed by atoms with van der Waals surface area (Å²) in [5, 5.41) is 0. The van der Waals surface area contributed by atoms with E-state index in [4.69, 9.17) is 16.8 Å². The van der Waals surface area contributed by atoms with Crippen molar-refractivity contribution in [2.24, 2.45) is 0 Å². The second-order valence-corrected chi connectivity index (χ2v) is 22.8. The highest BCUT2D eigenvalue weighted by Crippen LogP contribution is 2.24. The lowest BCUT2D eigenvalue weighted by molar-refractivity contribution is -0.130. The molecule has 0 aliphatic rings. The normalized spacial score (nSPS) is 14.5. The Balaban J connectivity index is 4.84. The molecule has 0 spiro atoms. The molecule has 0 N–H and O–H groups in total. The van der Waals surface area contributed by atoms with Crippen LogP contribution < -0.4 is 0 Å². The van der Waals surface area contributed by atoms with Crippen LogP contribution in [-0.2, 0) is 21.6 Å². The predicted octanol–water partition coefficient (Wildman–Crippen LogP) is 4.10. The SMILES string of the molecule is CC=CC(=O)O[Si](C)(C)O[Si](C)(C)O[Si](C)(C)O[Si](C)(C)C. The minimum absolute atomic E-state index is 0.362. The Hall–Kier alpha value is -0.0425. The third-order valence-corrected chi connectivity index (χ3v) is 15.2. The van der Waals surface area contributed by atoms with Gasteiger partial charge in [-0.1, -0.05) is 6.08 Å². The summed E-state index contributed by atoms with van der Waals surface area (Å²) < 4.78 is 24.1. The molecule has 0 unspecified atom stereocenters. The fourth-order valence-corrected chi connectivity index (χ4v) is 19.6. The van der Waals surface area contributed by atoms with Crippen LogP contribution in [0.3, 0.4) is 0 Å². The van der Waals surface area contributed by atoms with E-state index in [1.54, 1.807) is 13.0 Å². The fourth-order valence-electron chi connectivity index (χ4n) is 2.40. The van der Waals surface area contributed by atoms with Gasteiger partial charge in [-0.3, -0.25) is 0 Å². The monoisotopic (exact) mass is 380 g/mol. The van der Waals surface area contributed by atoms with Crippen molar-refractivity contribution in [2.45, 2.75) is 65.8 Å². The lowest BCUT2D eigenvalue weighted by atomic mass is 10.5. The minimum Gasteiger partial charge on any atom is -0.492 e. The zero-order valence-corrected chi connectivity index (χ0v) is 19.7. The largest absolute Gasteiger partial charge is 0.492 e. The molecule has 130 valence electrons. The van der Waals surface area contributed by atoms with Crippen LogP contribution in [0.5, 0.6) is 0 Å². The average Bonchev–Trinajstić information content (AvgIpc) is 2.06. The molecular weight excluding hydrogens is 348 g/mol. The van der Waals surface area contributed by atoms with Crippen molar-refractivity contribution in [3.05, 3.63) is 12.2 Å². The van der Waals surface area contributed by atoms with Crippen LogP contribution in [0, 0.1) is 0 Å². The van der Waals surface area contributed by atoms with Gasteiger partial charge in [0.2, 0.25) is 0 Å². The summed E-state index contributed by atoms with van der Waals surface area (Å²) in [6, 6.07) is 0. The van der Waals surface area contributed by atoms with Crippen LogP contribution in [0.1, 0.15) is 6.92 Å². The van der Waals surface area contributed by atoms with Crippen molar-refractivity contribution in [1.29, 1.82) is 0 Å². The molecule has 0 saturated carbocycles. The van der Waals surface area contributed by atoms with Crippen LogP contribution in [0.15, 0.2) is 12.2 Å². The second kappa shape index (κ2) is 7.69. The van der Waals surface area contributed by atoms with Crippen LogP contribution in [0.4, 0.5) is 0 Å². The van der Waals surface area contributed by atoms with Crippen molar-refractivity contribution < 1.29 is 21.6 Å². The van der Waals surface area contributed by atoms with Gasteiger partial charge < -0.3 is 16.8 Å². The van der Waals surface area contributed by atoms with Gasteiger partial charge in [-0.2, -0.15) is 0 Å². The van der Waals surface area contributed by atoms with Crippen LogP contribution in [-0.4, -0.2) is 40.0 Å². The molecule has 0 radical (unpaired) electrons. The van der Waals surface area contributed by atoms with E-state index in [0.717, 1.165) is 0 Å². The second-order valence-electron chi connectivity index (χ2n) is 7.54. The predicted molar refractivity (Wildman–Crippen MR) is 100.0 cm³/mol. The van der Waals surface area contributed by atoms with Gasteiger partial charge in [0.25, 0.3) is 0 Å². The van der Waals surface area contributed by atoms with E-state index in [1.165, 1.54) is 6.08 Å². The van der Waals surface area contributed by atoms with Gasteiger partial charge in [-0.15, -0.1) is 0 Å². The number of allylic oxidation sites excluding steroid dienone is 1. The standard InChI is InChI=1S/C13H32O5Si4/c1-11-12-13(14)15-20(5,6)17-22(9,10)18-21(7,8)16-19(2,3)4/h11-12H,1-10H3. The van der Waals surface area contributed by atoms with Crippen LogP contribution in [0.2, 0.25) is 58.9 Å². The first-order valence-electron chi connectivity index (χ1n) is 7.54. The Morgan fingerprint density at radius 2 is 1.14 bits per heavy atom. The molecule has 0 aliphatic heterocycles. The first-order chi connectivity index (χ1) is 9.58. The van der Waals surface area contributed by atoms with Gasteiger partial charge in [-0.05, 0) is 65.8 Å². The Bertz CT molecular complexity index is 413. The maximum Gasteiger partial charge on any atom is 0.386 e. The van der Waals surface area contributed by atoms with Gasteiger partial charge in [0.1, 0.15) is 0 Å². The van der Waals surface area contributed by atoms with Gasteiger partial charge in [0.15, 0.2) is 8.32 Å². The Morgan fingerprint density at radius 1 is 0.727 bits per heavy atom. The molecular formula is C13H32O5Si4. The highest BCUT2D eigenvalue weighted by molar-refractivity contribution is 6.88. The van der Waals surface area contributed by atoms with E-state index in [0.29, 0.717) is 0 Å². The maximum atomic E-state index is 11.6. The zero-order valence-electron chi connectivity index (χ0n) is 15.7. The topological polar surface area (TPSA) is 54.0 Å². The summed E-state index contributed by atoms with van der Waals surface area (Å²) in [5.74, 6) is -0.362. The van der Waals surface area contributed by atoms with Crippen molar-refractivity contribution in [1.82, 2.24) is 0 Å². The molecule has 22 heavy (non-hydrogen) atoms. The minimum atomic E-state index is -2.58. The lowest BCUT2D eigenvalue weighted by Gasteiger charge is -2.39. The summed E-state index contributed by atoms with van der Waals surface area (Å²) in [4.78, 5) is 11.6. The van der Waals surface area contributed by atoms with Gasteiger partial charge in [-0.25, -0.2) is 4.79 Å². The third-order valence-electron chi connectivity index (χ3n) is 2.18. The smallest absolute Gasteiger partial charge is 0.386 e. The highest BCUT2D eigenvalue weighted by Gasteiger charge is 2.44. The molecule has 0 rings (SSSR count). The Kier molecular flexibility index (Phi) is 7.67. The van der Waals surface area contributed by atoms with Crippen LogP contribution in [0.25, 0.3) is 0 Å². The summed E-state index contributed by atoms with van der Waals surface area (Å²) >= 11 is 0. The number of carbonyl (C=O) groups is 1. The molecule has 0 fully saturated rings. The summed E-state index contributed by atoms with van der Waals surface area (Å²) in [6.07, 6.45) is 3.06. The van der Waals surface area contributed by atoms with E-state index in [2.05, 4.69) is 19.6 Å². The number of rotatable bonds is 8. The molecule has 0 aromatic rings. The Morgan fingerprint density at radius 3 is 1.55 bits per heavy atom. The van der Waals surface area contributed by atoms with Crippen LogP contribution >= 0.6 is 0 Å². The molecule has 0 aromatic heterocycles. The highest BCUT2D eigenvalue weighted by atomic mass is 28.5. The zero-order chi connectivity index (χ0) is 17.8. The van der Waals surface area contributed by atoms with E-state index < -0.39 is 34.0 Å². The fraction of sp³-hybridized carbons (Fsp3) is 0.769. The number of hydrogen-bond donors (Lipinski definition) is 0. The quantitative estimate of drug-likeness (QED) is 0.469. The van der Waals surface area contributed by atoms with Crippen molar-refractivity contribution in [2.75, 3.05) is 0 Å². The average molecular weight is 381 g/mol. The van der Waals surface area contributed by atoms with E-state index in [1.807, 2.05) is 39.3 Å². The van der Waals surface area contributed by atoms with Crippen molar-refractivity contribution in [3.8, 4) is 0 Å². The molecule has 9 heteroatoms. The van der Waals surface area contributed by atoms with Crippen molar-refractivity contribution in [3.63, 3.8) is 0 Å². The molecule has 0 bridgehead atoms. The van der Waals surface area contributed by atoms with E-state index in [-0.39, 0.29) is 5.97 Å². The maximum absolute atomic E-state index is 11.6. The first-order valence-corrected chi connectivity index (χ1v) is 19.4. The summed E-state index contributed by atoms with van der Waals surface area (Å²) in [6.45, 7) is 20.0. The van der Waals surface area contributed by atoms with E-state index in [9.17, 15) is 4.79 Å². The van der Waals surface area contributed by atoms with Gasteiger partial charge in [0, 0.05) is 6.08 Å². The van der Waals surface area contributed by atoms with Gasteiger partial charge in [0.05, 0.1) is 0 Å². The van der Waals surface area contributed by atoms with E-state index >= 15 is 0 Å². The Labute approximate surface area is 139 Å². The van der Waals surface area contributed by atoms with Crippen molar-refractivity contribution >= 4 is 40.0 Å². The molecule has 0 aliphatic carbocycles. The number of hydrogen-bond acceptors (Lipinski definition) is 5. The molecule has 0 saturated heterocycles.